The van der Waals surface area contributed by atoms with Gasteiger partial charge in [0.1, 0.15) is 0 Å². The third-order valence-electron chi connectivity index (χ3n) is 4.95. The number of hydrogen-bond donors (Lipinski definition) is 1. The van der Waals surface area contributed by atoms with E-state index in [2.05, 4.69) is 5.32 Å². The maximum Gasteiger partial charge on any atom is 0.336 e. The van der Waals surface area contributed by atoms with E-state index in [0.29, 0.717) is 27.4 Å². The molecule has 0 radical (unpaired) electrons. The Labute approximate surface area is 162 Å². The Morgan fingerprint density at radius 3 is 2.44 bits per heavy atom. The van der Waals surface area contributed by atoms with Crippen molar-refractivity contribution < 1.29 is 14.3 Å². The van der Waals surface area contributed by atoms with E-state index >= 15 is 0 Å². The van der Waals surface area contributed by atoms with Crippen LogP contribution in [0, 0.1) is 0 Å². The second kappa shape index (κ2) is 6.71. The number of esters is 1. The molecule has 0 bridgehead atoms. The minimum Gasteiger partial charge on any atom is -0.463 e. The standard InChI is InChI=1S/C22H18ClNO3/c1-3-27-22(26)17-12(2)24-20-15-6-4-5-7-16(15)21(25)19(20)18(17)13-8-10-14(23)11-9-13/h4-11,18,24H,3H2,1-2H3/t18-/m0/s1. The van der Waals surface area contributed by atoms with Crippen molar-refractivity contribution in [2.45, 2.75) is 19.8 Å². The summed E-state index contributed by atoms with van der Waals surface area (Å²) in [7, 11) is 0. The Bertz CT molecular complexity index is 1020. The highest BCUT2D eigenvalue weighted by atomic mass is 35.5. The molecular formula is C22H18ClNO3. The van der Waals surface area contributed by atoms with Crippen molar-refractivity contribution in [3.05, 3.63) is 87.1 Å². The van der Waals surface area contributed by atoms with E-state index in [-0.39, 0.29) is 12.4 Å². The number of ether oxygens (including phenoxy) is 1. The van der Waals surface area contributed by atoms with Gasteiger partial charge in [-0.25, -0.2) is 4.79 Å². The molecule has 0 unspecified atom stereocenters. The van der Waals surface area contributed by atoms with Crippen LogP contribution in [0.25, 0.3) is 5.70 Å². The Morgan fingerprint density at radius 1 is 1.11 bits per heavy atom. The molecule has 0 spiro atoms. The van der Waals surface area contributed by atoms with E-state index in [4.69, 9.17) is 16.3 Å². The summed E-state index contributed by atoms with van der Waals surface area (Å²) in [6.07, 6.45) is 0. The lowest BCUT2D eigenvalue weighted by Gasteiger charge is -2.29. The van der Waals surface area contributed by atoms with Crippen LogP contribution >= 0.6 is 11.6 Å². The number of ketones is 1. The van der Waals surface area contributed by atoms with Crippen molar-refractivity contribution in [1.82, 2.24) is 5.32 Å². The van der Waals surface area contributed by atoms with Crippen LogP contribution in [0.3, 0.4) is 0 Å². The number of Topliss-reactive ketones (excluding diaryl/α,β-unsaturated/α-hetero) is 1. The average molecular weight is 380 g/mol. The summed E-state index contributed by atoms with van der Waals surface area (Å²) in [6.45, 7) is 3.87. The zero-order valence-corrected chi connectivity index (χ0v) is 15.8. The summed E-state index contributed by atoms with van der Waals surface area (Å²) in [5.74, 6) is -0.988. The van der Waals surface area contributed by atoms with Crippen LogP contribution in [0.4, 0.5) is 0 Å². The predicted octanol–water partition coefficient (Wildman–Crippen LogP) is 4.47. The van der Waals surface area contributed by atoms with Crippen LogP contribution in [-0.2, 0) is 9.53 Å². The Kier molecular flexibility index (Phi) is 4.36. The maximum atomic E-state index is 13.2. The highest BCUT2D eigenvalue weighted by Gasteiger charge is 2.42. The molecule has 2 aromatic carbocycles. The van der Waals surface area contributed by atoms with Gasteiger partial charge in [0.25, 0.3) is 0 Å². The van der Waals surface area contributed by atoms with Crippen molar-refractivity contribution in [3.8, 4) is 0 Å². The van der Waals surface area contributed by atoms with Gasteiger partial charge in [-0.3, -0.25) is 4.79 Å². The molecule has 136 valence electrons. The highest BCUT2D eigenvalue weighted by molar-refractivity contribution is 6.30. The minimum atomic E-state index is -0.502. The Hall–Kier alpha value is -2.85. The third kappa shape index (κ3) is 2.77. The number of allylic oxidation sites excluding steroid dienone is 2. The number of carbonyl (C=O) groups is 2. The van der Waals surface area contributed by atoms with Gasteiger partial charge in [0.05, 0.1) is 17.9 Å². The van der Waals surface area contributed by atoms with Crippen LogP contribution in [0.5, 0.6) is 0 Å². The molecular weight excluding hydrogens is 362 g/mol. The van der Waals surface area contributed by atoms with E-state index in [0.717, 1.165) is 16.8 Å². The number of hydrogen-bond acceptors (Lipinski definition) is 4. The molecule has 1 aliphatic carbocycles. The van der Waals surface area contributed by atoms with E-state index in [9.17, 15) is 9.59 Å². The van der Waals surface area contributed by atoms with E-state index in [1.807, 2.05) is 43.3 Å². The van der Waals surface area contributed by atoms with E-state index in [1.54, 1.807) is 19.1 Å². The van der Waals surface area contributed by atoms with E-state index in [1.165, 1.54) is 0 Å². The van der Waals surface area contributed by atoms with E-state index < -0.39 is 11.9 Å². The maximum absolute atomic E-state index is 13.2. The molecule has 0 saturated heterocycles. The molecule has 4 rings (SSSR count). The summed E-state index contributed by atoms with van der Waals surface area (Å²) in [6, 6.07) is 14.7. The first-order valence-electron chi connectivity index (χ1n) is 8.81. The van der Waals surface area contributed by atoms with Gasteiger partial charge in [0.2, 0.25) is 0 Å². The van der Waals surface area contributed by atoms with Gasteiger partial charge in [-0.2, -0.15) is 0 Å². The quantitative estimate of drug-likeness (QED) is 0.799. The zero-order chi connectivity index (χ0) is 19.1. The molecule has 2 aliphatic rings. The minimum absolute atomic E-state index is 0.0673. The van der Waals surface area contributed by atoms with Crippen molar-refractivity contribution in [2.75, 3.05) is 6.61 Å². The van der Waals surface area contributed by atoms with Crippen molar-refractivity contribution in [2.24, 2.45) is 0 Å². The lowest BCUT2D eigenvalue weighted by molar-refractivity contribution is -0.138. The van der Waals surface area contributed by atoms with Crippen LogP contribution in [-0.4, -0.2) is 18.4 Å². The van der Waals surface area contributed by atoms with Crippen LogP contribution in [0.1, 0.15) is 41.3 Å². The van der Waals surface area contributed by atoms with Gasteiger partial charge in [-0.05, 0) is 31.5 Å². The molecule has 2 aromatic rings. The third-order valence-corrected chi connectivity index (χ3v) is 5.20. The molecule has 0 fully saturated rings. The number of nitrogens with one attached hydrogen (secondary N) is 1. The zero-order valence-electron chi connectivity index (χ0n) is 15.0. The molecule has 1 aliphatic heterocycles. The molecule has 1 N–H and O–H groups in total. The molecule has 27 heavy (non-hydrogen) atoms. The summed E-state index contributed by atoms with van der Waals surface area (Å²) >= 11 is 6.05. The summed E-state index contributed by atoms with van der Waals surface area (Å²) in [4.78, 5) is 26.0. The largest absolute Gasteiger partial charge is 0.463 e. The molecule has 1 heterocycles. The van der Waals surface area contributed by atoms with Crippen molar-refractivity contribution in [3.63, 3.8) is 0 Å². The van der Waals surface area contributed by atoms with Crippen LogP contribution in [0.15, 0.2) is 65.4 Å². The summed E-state index contributed by atoms with van der Waals surface area (Å²) in [5.41, 5.74) is 4.83. The molecule has 0 aromatic heterocycles. The Balaban J connectivity index is 1.92. The second-order valence-electron chi connectivity index (χ2n) is 6.53. The number of halogens is 1. The average Bonchev–Trinajstić information content (AvgIpc) is 2.94. The topological polar surface area (TPSA) is 55.4 Å². The summed E-state index contributed by atoms with van der Waals surface area (Å²) in [5, 5.41) is 3.88. The smallest absolute Gasteiger partial charge is 0.336 e. The second-order valence-corrected chi connectivity index (χ2v) is 6.97. The number of benzene rings is 2. The molecule has 0 amide bonds. The van der Waals surface area contributed by atoms with Crippen LogP contribution in [0.2, 0.25) is 5.02 Å². The van der Waals surface area contributed by atoms with Crippen molar-refractivity contribution >= 4 is 29.1 Å². The molecule has 5 heteroatoms. The number of carbonyl (C=O) groups excluding carboxylic acids is 2. The van der Waals surface area contributed by atoms with Gasteiger partial charge in [0.15, 0.2) is 5.78 Å². The molecule has 0 saturated carbocycles. The predicted molar refractivity (Wildman–Crippen MR) is 104 cm³/mol. The normalized spacial score (nSPS) is 18.2. The monoisotopic (exact) mass is 379 g/mol. The van der Waals surface area contributed by atoms with Gasteiger partial charge >= 0.3 is 5.97 Å². The molecule has 4 nitrogen and oxygen atoms in total. The highest BCUT2D eigenvalue weighted by Crippen LogP contribution is 2.46. The summed E-state index contributed by atoms with van der Waals surface area (Å²) < 4.78 is 5.29. The number of fused-ring (bicyclic) bond motifs is 2. The first kappa shape index (κ1) is 17.6. The SMILES string of the molecule is CCOC(=O)C1=C(C)NC2=C(C(=O)c3ccccc32)[C@H]1c1ccc(Cl)cc1. The van der Waals surface area contributed by atoms with Crippen LogP contribution < -0.4 is 5.32 Å². The lowest BCUT2D eigenvalue weighted by atomic mass is 9.80. The fourth-order valence-electron chi connectivity index (χ4n) is 3.80. The van der Waals surface area contributed by atoms with Crippen molar-refractivity contribution in [1.29, 1.82) is 0 Å². The first-order chi connectivity index (χ1) is 13.0. The van der Waals surface area contributed by atoms with Gasteiger partial charge in [-0.1, -0.05) is 48.0 Å². The van der Waals surface area contributed by atoms with Gasteiger partial charge in [-0.15, -0.1) is 0 Å². The number of dihydropyridines is 1. The van der Waals surface area contributed by atoms with Gasteiger partial charge in [0, 0.05) is 33.3 Å². The first-order valence-corrected chi connectivity index (χ1v) is 9.19. The fourth-order valence-corrected chi connectivity index (χ4v) is 3.92. The molecule has 1 atom stereocenters. The van der Waals surface area contributed by atoms with Gasteiger partial charge < -0.3 is 10.1 Å². The number of rotatable bonds is 3. The Morgan fingerprint density at radius 2 is 1.78 bits per heavy atom. The fraction of sp³-hybridized carbons (Fsp3) is 0.182. The lowest BCUT2D eigenvalue weighted by Crippen LogP contribution is -2.29.